The average molecular weight is 475 g/mol. The molecule has 0 spiro atoms. The fourth-order valence-electron chi connectivity index (χ4n) is 3.05. The molecule has 0 aromatic carbocycles. The van der Waals surface area contributed by atoms with E-state index in [1.807, 2.05) is 0 Å². The zero-order valence-electron chi connectivity index (χ0n) is 15.6. The monoisotopic (exact) mass is 475 g/mol. The van der Waals surface area contributed by atoms with E-state index in [-0.39, 0.29) is 17.2 Å². The van der Waals surface area contributed by atoms with Gasteiger partial charge in [0.2, 0.25) is 5.95 Å². The molecule has 1 aliphatic carbocycles. The molecule has 1 aliphatic rings. The van der Waals surface area contributed by atoms with E-state index < -0.39 is 47.9 Å². The summed E-state index contributed by atoms with van der Waals surface area (Å²) in [5.41, 5.74) is -0.967. The zero-order chi connectivity index (χ0) is 22.3. The topological polar surface area (TPSA) is 174 Å². The van der Waals surface area contributed by atoms with Crippen molar-refractivity contribution in [2.24, 2.45) is 0 Å². The third-order valence-corrected chi connectivity index (χ3v) is 5.29. The van der Waals surface area contributed by atoms with E-state index in [9.17, 15) is 14.0 Å². The summed E-state index contributed by atoms with van der Waals surface area (Å²) >= 11 is 0. The standard InChI is InChI=1S/C15H16FN5O8P2/c16-12-4-17-13-9(8-1-2-8)3-11(18-21(12)13)10-5-19(6-28-30(24)25)15(23)20(14(10)22)7-29-31(26)27/h3-5,8,24-27H,1-2,6-7H2. The first-order chi connectivity index (χ1) is 14.8. The van der Waals surface area contributed by atoms with Crippen molar-refractivity contribution in [1.29, 1.82) is 0 Å². The summed E-state index contributed by atoms with van der Waals surface area (Å²) in [5.74, 6) is -0.609. The largest absolute Gasteiger partial charge is 0.334 e. The van der Waals surface area contributed by atoms with Gasteiger partial charge in [0, 0.05) is 11.8 Å². The fraction of sp³-hybridized carbons (Fsp3) is 0.333. The summed E-state index contributed by atoms with van der Waals surface area (Å²) in [6, 6.07) is 1.58. The maximum Gasteiger partial charge on any atom is 0.334 e. The lowest BCUT2D eigenvalue weighted by molar-refractivity contribution is 0.171. The number of hydrogen-bond acceptors (Lipinski definition) is 10. The second kappa shape index (κ2) is 8.77. The highest BCUT2D eigenvalue weighted by Gasteiger charge is 2.29. The molecule has 0 saturated heterocycles. The molecule has 13 nitrogen and oxygen atoms in total. The highest BCUT2D eigenvalue weighted by Crippen LogP contribution is 2.42. The summed E-state index contributed by atoms with van der Waals surface area (Å²) in [6.45, 7) is -1.43. The normalized spacial score (nSPS) is 14.3. The maximum absolute atomic E-state index is 14.2. The maximum atomic E-state index is 14.2. The Balaban J connectivity index is 1.90. The molecule has 4 rings (SSSR count). The minimum Gasteiger partial charge on any atom is -0.328 e. The van der Waals surface area contributed by atoms with Gasteiger partial charge in [-0.2, -0.15) is 14.0 Å². The van der Waals surface area contributed by atoms with Crippen LogP contribution in [0.15, 0.2) is 28.0 Å². The molecule has 16 heteroatoms. The van der Waals surface area contributed by atoms with Gasteiger partial charge in [0.15, 0.2) is 5.65 Å². The summed E-state index contributed by atoms with van der Waals surface area (Å²) in [4.78, 5) is 65.5. The van der Waals surface area contributed by atoms with E-state index in [1.165, 1.54) is 0 Å². The number of aromatic nitrogens is 5. The van der Waals surface area contributed by atoms with Gasteiger partial charge in [-0.1, -0.05) is 0 Å². The Hall–Kier alpha value is -2.15. The van der Waals surface area contributed by atoms with Crippen LogP contribution in [0.4, 0.5) is 4.39 Å². The van der Waals surface area contributed by atoms with Gasteiger partial charge in [-0.3, -0.25) is 18.4 Å². The SMILES string of the molecule is O=c1c(-c2cc(C3CC3)c3ncc(F)n3n2)cn(COP(O)O)c(=O)n1COP(O)O. The van der Waals surface area contributed by atoms with Crippen molar-refractivity contribution in [3.63, 3.8) is 0 Å². The zero-order valence-corrected chi connectivity index (χ0v) is 17.4. The lowest BCUT2D eigenvalue weighted by Crippen LogP contribution is -2.41. The molecular weight excluding hydrogens is 459 g/mol. The number of halogens is 1. The summed E-state index contributed by atoms with van der Waals surface area (Å²) in [6.07, 6.45) is 3.83. The summed E-state index contributed by atoms with van der Waals surface area (Å²) in [7, 11) is -5.66. The molecule has 3 aromatic rings. The minimum atomic E-state index is -2.86. The minimum absolute atomic E-state index is 0.0318. The first-order valence-electron chi connectivity index (χ1n) is 8.76. The van der Waals surface area contributed by atoms with Crippen LogP contribution in [0.3, 0.4) is 0 Å². The summed E-state index contributed by atoms with van der Waals surface area (Å²) < 4.78 is 25.8. The fourth-order valence-corrected chi connectivity index (χ4v) is 3.50. The molecule has 1 fully saturated rings. The molecule has 0 atom stereocenters. The van der Waals surface area contributed by atoms with Crippen LogP contribution >= 0.6 is 17.2 Å². The Morgan fingerprint density at radius 1 is 1.13 bits per heavy atom. The molecule has 4 N–H and O–H groups in total. The van der Waals surface area contributed by atoms with Gasteiger partial charge in [-0.25, -0.2) is 14.3 Å². The van der Waals surface area contributed by atoms with Crippen LogP contribution in [-0.4, -0.2) is 43.3 Å². The molecule has 0 aliphatic heterocycles. The quantitative estimate of drug-likeness (QED) is 0.328. The van der Waals surface area contributed by atoms with Crippen LogP contribution in [0.1, 0.15) is 24.3 Å². The van der Waals surface area contributed by atoms with Crippen molar-refractivity contribution >= 4 is 22.9 Å². The van der Waals surface area contributed by atoms with Crippen LogP contribution in [0.25, 0.3) is 16.9 Å². The predicted octanol–water partition coefficient (Wildman–Crippen LogP) is 0.107. The summed E-state index contributed by atoms with van der Waals surface area (Å²) in [5, 5.41) is 4.12. The Morgan fingerprint density at radius 2 is 1.81 bits per heavy atom. The lowest BCUT2D eigenvalue weighted by Gasteiger charge is -2.14. The van der Waals surface area contributed by atoms with Crippen molar-refractivity contribution in [2.45, 2.75) is 32.2 Å². The van der Waals surface area contributed by atoms with Crippen molar-refractivity contribution in [1.82, 2.24) is 23.7 Å². The van der Waals surface area contributed by atoms with E-state index in [4.69, 9.17) is 19.6 Å². The number of hydrogen-bond donors (Lipinski definition) is 4. The average Bonchev–Trinajstić information content (AvgIpc) is 3.49. The molecular formula is C15H16FN5O8P2. The van der Waals surface area contributed by atoms with Crippen LogP contribution in [0.5, 0.6) is 0 Å². The van der Waals surface area contributed by atoms with E-state index in [2.05, 4.69) is 19.1 Å². The molecule has 31 heavy (non-hydrogen) atoms. The molecule has 3 heterocycles. The molecule has 1 saturated carbocycles. The Bertz CT molecular complexity index is 1240. The van der Waals surface area contributed by atoms with Crippen molar-refractivity contribution < 1.29 is 33.0 Å². The lowest BCUT2D eigenvalue weighted by atomic mass is 10.1. The van der Waals surface area contributed by atoms with Gasteiger partial charge in [-0.05, 0) is 24.8 Å². The van der Waals surface area contributed by atoms with Crippen molar-refractivity contribution in [3.05, 3.63) is 50.8 Å². The number of rotatable bonds is 8. The third kappa shape index (κ3) is 4.56. The van der Waals surface area contributed by atoms with Crippen LogP contribution < -0.4 is 11.2 Å². The Morgan fingerprint density at radius 3 is 2.45 bits per heavy atom. The molecule has 0 amide bonds. The molecule has 0 bridgehead atoms. The van der Waals surface area contributed by atoms with Crippen molar-refractivity contribution in [2.75, 3.05) is 0 Å². The van der Waals surface area contributed by atoms with Gasteiger partial charge < -0.3 is 19.6 Å². The highest BCUT2D eigenvalue weighted by atomic mass is 31.2. The van der Waals surface area contributed by atoms with Gasteiger partial charge in [0.25, 0.3) is 5.56 Å². The molecule has 0 unspecified atom stereocenters. The second-order valence-electron chi connectivity index (χ2n) is 6.63. The predicted molar refractivity (Wildman–Crippen MR) is 104 cm³/mol. The molecule has 3 aromatic heterocycles. The van der Waals surface area contributed by atoms with Gasteiger partial charge in [0.1, 0.15) is 13.5 Å². The van der Waals surface area contributed by atoms with E-state index in [0.29, 0.717) is 15.8 Å². The highest BCUT2D eigenvalue weighted by molar-refractivity contribution is 7.39. The molecule has 0 radical (unpaired) electrons. The Kier molecular flexibility index (Phi) is 6.24. The van der Waals surface area contributed by atoms with Gasteiger partial charge >= 0.3 is 22.9 Å². The third-order valence-electron chi connectivity index (χ3n) is 4.60. The van der Waals surface area contributed by atoms with E-state index in [0.717, 1.165) is 34.3 Å². The molecule has 166 valence electrons. The number of fused-ring (bicyclic) bond motifs is 1. The van der Waals surface area contributed by atoms with Gasteiger partial charge in [-0.15, -0.1) is 0 Å². The number of nitrogens with zero attached hydrogens (tertiary/aromatic N) is 5. The van der Waals surface area contributed by atoms with Gasteiger partial charge in [0.05, 0.1) is 17.5 Å². The van der Waals surface area contributed by atoms with Crippen LogP contribution in [0, 0.1) is 5.95 Å². The Labute approximate surface area is 174 Å². The van der Waals surface area contributed by atoms with Crippen LogP contribution in [0.2, 0.25) is 0 Å². The first kappa shape index (κ1) is 22.1. The smallest absolute Gasteiger partial charge is 0.328 e. The van der Waals surface area contributed by atoms with Crippen LogP contribution in [-0.2, 0) is 22.5 Å². The van der Waals surface area contributed by atoms with E-state index in [1.54, 1.807) is 6.07 Å². The first-order valence-corrected chi connectivity index (χ1v) is 11.1. The van der Waals surface area contributed by atoms with Crippen molar-refractivity contribution in [3.8, 4) is 11.3 Å². The second-order valence-corrected chi connectivity index (χ2v) is 8.15. The van der Waals surface area contributed by atoms with E-state index >= 15 is 0 Å². The number of imidazole rings is 1.